The van der Waals surface area contributed by atoms with E-state index in [1.165, 1.54) is 13.2 Å². The molecule has 0 aliphatic heterocycles. The number of hydrogen-bond donors (Lipinski definition) is 2. The molecule has 0 aromatic carbocycles. The quantitative estimate of drug-likeness (QED) is 0.656. The molecule has 2 N–H and O–H groups in total. The van der Waals surface area contributed by atoms with Gasteiger partial charge in [-0.05, 0) is 28.9 Å². The minimum Gasteiger partial charge on any atom is -0.452 e. The van der Waals surface area contributed by atoms with Gasteiger partial charge in [0.1, 0.15) is 10.7 Å². The number of methoxy groups -OCH3 is 1. The molecule has 110 valence electrons. The van der Waals surface area contributed by atoms with Crippen molar-refractivity contribution in [1.82, 2.24) is 10.0 Å². The van der Waals surface area contributed by atoms with Crippen LogP contribution in [0.3, 0.4) is 0 Å². The number of hydrogen-bond acceptors (Lipinski definition) is 5. The summed E-state index contributed by atoms with van der Waals surface area (Å²) in [5, 5.41) is 3.15. The summed E-state index contributed by atoms with van der Waals surface area (Å²) in [4.78, 5) is 0.108. The SMILES string of the molecule is CCCNCc1cc(S(=O)(=O)NCCOC)c(Br)o1. The Labute approximate surface area is 122 Å². The highest BCUT2D eigenvalue weighted by molar-refractivity contribution is 9.10. The minimum absolute atomic E-state index is 0.108. The van der Waals surface area contributed by atoms with Crippen LogP contribution in [0.4, 0.5) is 0 Å². The molecule has 0 unspecified atom stereocenters. The molecular formula is C11H19BrN2O4S. The van der Waals surface area contributed by atoms with Crippen molar-refractivity contribution in [2.24, 2.45) is 0 Å². The highest BCUT2D eigenvalue weighted by atomic mass is 79.9. The van der Waals surface area contributed by atoms with Gasteiger partial charge in [-0.2, -0.15) is 0 Å². The number of halogens is 1. The lowest BCUT2D eigenvalue weighted by atomic mass is 10.4. The molecule has 0 saturated heterocycles. The van der Waals surface area contributed by atoms with E-state index in [1.807, 2.05) is 0 Å². The van der Waals surface area contributed by atoms with Gasteiger partial charge in [0.25, 0.3) is 0 Å². The zero-order chi connectivity index (χ0) is 14.3. The van der Waals surface area contributed by atoms with Crippen LogP contribution in [0.1, 0.15) is 19.1 Å². The van der Waals surface area contributed by atoms with Crippen molar-refractivity contribution in [3.05, 3.63) is 16.5 Å². The number of nitrogens with one attached hydrogen (secondary N) is 2. The van der Waals surface area contributed by atoms with E-state index < -0.39 is 10.0 Å². The number of ether oxygens (including phenoxy) is 1. The van der Waals surface area contributed by atoms with E-state index in [4.69, 9.17) is 9.15 Å². The van der Waals surface area contributed by atoms with Gasteiger partial charge in [-0.3, -0.25) is 0 Å². The van der Waals surface area contributed by atoms with E-state index >= 15 is 0 Å². The number of rotatable bonds is 9. The molecule has 1 aromatic heterocycles. The molecule has 8 heteroatoms. The predicted molar refractivity (Wildman–Crippen MR) is 75.5 cm³/mol. The molecule has 19 heavy (non-hydrogen) atoms. The van der Waals surface area contributed by atoms with Gasteiger partial charge in [0.05, 0.1) is 13.2 Å². The molecule has 1 rings (SSSR count). The van der Waals surface area contributed by atoms with E-state index in [9.17, 15) is 8.42 Å². The lowest BCUT2D eigenvalue weighted by Crippen LogP contribution is -2.27. The molecule has 0 aliphatic carbocycles. The summed E-state index contributed by atoms with van der Waals surface area (Å²) in [6, 6.07) is 1.52. The zero-order valence-corrected chi connectivity index (χ0v) is 13.4. The summed E-state index contributed by atoms with van der Waals surface area (Å²) < 4.78 is 36.8. The maximum Gasteiger partial charge on any atom is 0.245 e. The molecule has 0 amide bonds. The van der Waals surface area contributed by atoms with Gasteiger partial charge in [0.2, 0.25) is 10.0 Å². The van der Waals surface area contributed by atoms with Crippen LogP contribution in [0.15, 0.2) is 20.0 Å². The van der Waals surface area contributed by atoms with Gasteiger partial charge < -0.3 is 14.5 Å². The largest absolute Gasteiger partial charge is 0.452 e. The molecule has 0 spiro atoms. The Hall–Kier alpha value is -0.410. The van der Waals surface area contributed by atoms with Gasteiger partial charge in [0.15, 0.2) is 4.67 Å². The normalized spacial score (nSPS) is 11.9. The first-order valence-corrected chi connectivity index (χ1v) is 8.26. The molecular weight excluding hydrogens is 336 g/mol. The molecule has 6 nitrogen and oxygen atoms in total. The first-order chi connectivity index (χ1) is 9.01. The summed E-state index contributed by atoms with van der Waals surface area (Å²) in [6.07, 6.45) is 1.01. The van der Waals surface area contributed by atoms with Crippen molar-refractivity contribution < 1.29 is 17.6 Å². The van der Waals surface area contributed by atoms with Gasteiger partial charge in [-0.25, -0.2) is 13.1 Å². The third-order valence-electron chi connectivity index (χ3n) is 2.32. The minimum atomic E-state index is -3.57. The van der Waals surface area contributed by atoms with E-state index in [-0.39, 0.29) is 16.1 Å². The second kappa shape index (κ2) is 8.01. The van der Waals surface area contributed by atoms with Gasteiger partial charge in [0, 0.05) is 19.7 Å². The highest BCUT2D eigenvalue weighted by Crippen LogP contribution is 2.25. The van der Waals surface area contributed by atoms with Crippen molar-refractivity contribution in [1.29, 1.82) is 0 Å². The highest BCUT2D eigenvalue weighted by Gasteiger charge is 2.21. The summed E-state index contributed by atoms with van der Waals surface area (Å²) in [5.41, 5.74) is 0. The van der Waals surface area contributed by atoms with Crippen LogP contribution in [-0.4, -0.2) is 35.2 Å². The molecule has 1 aromatic rings. The Balaban J connectivity index is 2.71. The Morgan fingerprint density at radius 1 is 1.42 bits per heavy atom. The lowest BCUT2D eigenvalue weighted by molar-refractivity contribution is 0.204. The number of furan rings is 1. The second-order valence-corrected chi connectivity index (χ2v) is 6.37. The average Bonchev–Trinajstić information content (AvgIpc) is 2.72. The van der Waals surface area contributed by atoms with E-state index in [0.29, 0.717) is 18.9 Å². The Bertz CT molecular complexity index is 487. The zero-order valence-electron chi connectivity index (χ0n) is 11.0. The standard InChI is InChI=1S/C11H19BrN2O4S/c1-3-4-13-8-9-7-10(11(12)18-9)19(15,16)14-5-6-17-2/h7,13-14H,3-6,8H2,1-2H3. The predicted octanol–water partition coefficient (Wildman–Crippen LogP) is 1.47. The maximum absolute atomic E-state index is 12.0. The van der Waals surface area contributed by atoms with Crippen LogP contribution in [0.25, 0.3) is 0 Å². The summed E-state index contributed by atoms with van der Waals surface area (Å²) in [7, 11) is -2.06. The third kappa shape index (κ3) is 5.23. The van der Waals surface area contributed by atoms with Crippen LogP contribution in [0, 0.1) is 0 Å². The van der Waals surface area contributed by atoms with Crippen LogP contribution in [0.5, 0.6) is 0 Å². The topological polar surface area (TPSA) is 80.6 Å². The van der Waals surface area contributed by atoms with Crippen LogP contribution < -0.4 is 10.0 Å². The molecule has 0 radical (unpaired) electrons. The van der Waals surface area contributed by atoms with E-state index in [0.717, 1.165) is 13.0 Å². The van der Waals surface area contributed by atoms with Crippen molar-refractivity contribution in [2.75, 3.05) is 26.8 Å². The summed E-state index contributed by atoms with van der Waals surface area (Å²) >= 11 is 3.13. The van der Waals surface area contributed by atoms with Gasteiger partial charge >= 0.3 is 0 Å². The fraction of sp³-hybridized carbons (Fsp3) is 0.636. The first kappa shape index (κ1) is 16.6. The van der Waals surface area contributed by atoms with Crippen molar-refractivity contribution in [3.63, 3.8) is 0 Å². The Morgan fingerprint density at radius 3 is 2.79 bits per heavy atom. The van der Waals surface area contributed by atoms with Crippen molar-refractivity contribution >= 4 is 26.0 Å². The summed E-state index contributed by atoms with van der Waals surface area (Å²) in [6.45, 7) is 3.95. The smallest absolute Gasteiger partial charge is 0.245 e. The fourth-order valence-electron chi connectivity index (χ4n) is 1.41. The van der Waals surface area contributed by atoms with Crippen LogP contribution >= 0.6 is 15.9 Å². The van der Waals surface area contributed by atoms with Crippen LogP contribution in [-0.2, 0) is 21.3 Å². The molecule has 0 saturated carbocycles. The molecule has 1 heterocycles. The monoisotopic (exact) mass is 354 g/mol. The van der Waals surface area contributed by atoms with E-state index in [2.05, 4.69) is 32.9 Å². The molecule has 0 atom stereocenters. The van der Waals surface area contributed by atoms with Gasteiger partial charge in [-0.15, -0.1) is 0 Å². The molecule has 0 fully saturated rings. The maximum atomic E-state index is 12.0. The molecule has 0 bridgehead atoms. The summed E-state index contributed by atoms with van der Waals surface area (Å²) in [5.74, 6) is 0.576. The fourth-order valence-corrected chi connectivity index (χ4v) is 3.42. The average molecular weight is 355 g/mol. The molecule has 0 aliphatic rings. The lowest BCUT2D eigenvalue weighted by Gasteiger charge is -2.03. The van der Waals surface area contributed by atoms with Crippen molar-refractivity contribution in [3.8, 4) is 0 Å². The van der Waals surface area contributed by atoms with Gasteiger partial charge in [-0.1, -0.05) is 6.92 Å². The first-order valence-electron chi connectivity index (χ1n) is 5.98. The Kier molecular flexibility index (Phi) is 7.01. The third-order valence-corrected chi connectivity index (χ3v) is 4.64. The van der Waals surface area contributed by atoms with Crippen LogP contribution in [0.2, 0.25) is 0 Å². The van der Waals surface area contributed by atoms with E-state index in [1.54, 1.807) is 0 Å². The van der Waals surface area contributed by atoms with Crippen molar-refractivity contribution in [2.45, 2.75) is 24.8 Å². The number of sulfonamides is 1. The second-order valence-electron chi connectivity index (χ2n) is 3.92. The Morgan fingerprint density at radius 2 is 2.16 bits per heavy atom.